The fraction of sp³-hybridized carbons (Fsp3) is 0.222. The highest BCUT2D eigenvalue weighted by molar-refractivity contribution is 5.75. The number of amides is 1. The molecule has 0 aliphatic rings. The van der Waals surface area contributed by atoms with Gasteiger partial charge in [-0.2, -0.15) is 0 Å². The molecule has 1 unspecified atom stereocenters. The van der Waals surface area contributed by atoms with Crippen LogP contribution in [-0.4, -0.2) is 17.2 Å². The van der Waals surface area contributed by atoms with Gasteiger partial charge < -0.3 is 15.2 Å². The van der Waals surface area contributed by atoms with Gasteiger partial charge in [0.2, 0.25) is 0 Å². The molecule has 1 amide bonds. The molecular formula is C18H19NO4. The van der Waals surface area contributed by atoms with Gasteiger partial charge in [-0.05, 0) is 23.6 Å². The maximum Gasteiger partial charge on any atom is 0.407 e. The molecule has 0 saturated heterocycles. The molecule has 0 bridgehead atoms. The molecule has 2 rings (SSSR count). The number of nitrogens with one attached hydrogen (secondary N) is 1. The highest BCUT2D eigenvalue weighted by Gasteiger charge is 2.13. The molecule has 2 aromatic carbocycles. The lowest BCUT2D eigenvalue weighted by Crippen LogP contribution is -2.23. The molecule has 0 radical (unpaired) electrons. The van der Waals surface area contributed by atoms with Crippen LogP contribution < -0.4 is 5.32 Å². The molecule has 23 heavy (non-hydrogen) atoms. The molecule has 0 aliphatic carbocycles. The first kappa shape index (κ1) is 16.5. The zero-order chi connectivity index (χ0) is 16.7. The first-order chi connectivity index (χ1) is 11.1. The number of rotatable bonds is 6. The minimum Gasteiger partial charge on any atom is -0.481 e. The van der Waals surface area contributed by atoms with Crippen molar-refractivity contribution in [3.05, 3.63) is 71.3 Å². The van der Waals surface area contributed by atoms with Crippen molar-refractivity contribution in [2.75, 3.05) is 0 Å². The van der Waals surface area contributed by atoms with E-state index in [0.717, 1.165) is 16.7 Å². The van der Waals surface area contributed by atoms with Gasteiger partial charge in [-0.3, -0.25) is 4.79 Å². The second-order valence-corrected chi connectivity index (χ2v) is 5.22. The molecule has 2 aromatic rings. The molecule has 0 spiro atoms. The molecule has 5 nitrogen and oxygen atoms in total. The van der Waals surface area contributed by atoms with Gasteiger partial charge in [-0.15, -0.1) is 0 Å². The van der Waals surface area contributed by atoms with Crippen molar-refractivity contribution >= 4 is 12.1 Å². The molecule has 0 heterocycles. The van der Waals surface area contributed by atoms with Crippen LogP contribution in [0.15, 0.2) is 54.6 Å². The summed E-state index contributed by atoms with van der Waals surface area (Å²) in [5, 5.41) is 11.6. The normalized spacial score (nSPS) is 11.5. The second-order valence-electron chi connectivity index (χ2n) is 5.22. The Balaban J connectivity index is 1.79. The fourth-order valence-electron chi connectivity index (χ4n) is 2.02. The van der Waals surface area contributed by atoms with Crippen LogP contribution in [0.1, 0.15) is 29.5 Å². The van der Waals surface area contributed by atoms with Gasteiger partial charge in [0.05, 0.1) is 5.92 Å². The maximum atomic E-state index is 11.6. The van der Waals surface area contributed by atoms with Crippen LogP contribution in [0.2, 0.25) is 0 Å². The van der Waals surface area contributed by atoms with Crippen LogP contribution in [0, 0.1) is 0 Å². The van der Waals surface area contributed by atoms with E-state index in [1.165, 1.54) is 0 Å². The molecule has 2 N–H and O–H groups in total. The van der Waals surface area contributed by atoms with Crippen LogP contribution in [0.5, 0.6) is 0 Å². The van der Waals surface area contributed by atoms with E-state index in [1.807, 2.05) is 30.3 Å². The number of aliphatic carboxylic acids is 1. The summed E-state index contributed by atoms with van der Waals surface area (Å²) in [4.78, 5) is 22.6. The number of carbonyl (C=O) groups is 2. The molecule has 5 heteroatoms. The van der Waals surface area contributed by atoms with Crippen LogP contribution in [-0.2, 0) is 22.7 Å². The van der Waals surface area contributed by atoms with Gasteiger partial charge >= 0.3 is 12.1 Å². The summed E-state index contributed by atoms with van der Waals surface area (Å²) in [6.07, 6.45) is -0.489. The largest absolute Gasteiger partial charge is 0.481 e. The minimum atomic E-state index is -0.861. The molecule has 0 aliphatic heterocycles. The van der Waals surface area contributed by atoms with Crippen molar-refractivity contribution < 1.29 is 19.4 Å². The van der Waals surface area contributed by atoms with Gasteiger partial charge in [0.1, 0.15) is 6.61 Å². The summed E-state index contributed by atoms with van der Waals surface area (Å²) in [5.41, 5.74) is 2.53. The van der Waals surface area contributed by atoms with Gasteiger partial charge in [0.25, 0.3) is 0 Å². The molecule has 0 aromatic heterocycles. The number of carbonyl (C=O) groups excluding carboxylic acids is 1. The minimum absolute atomic E-state index is 0.224. The van der Waals surface area contributed by atoms with Crippen LogP contribution >= 0.6 is 0 Å². The summed E-state index contributed by atoms with van der Waals surface area (Å²) in [6.45, 7) is 2.19. The smallest absolute Gasteiger partial charge is 0.407 e. The maximum absolute atomic E-state index is 11.6. The Morgan fingerprint density at radius 2 is 1.70 bits per heavy atom. The summed E-state index contributed by atoms with van der Waals surface area (Å²) in [7, 11) is 0. The Kier molecular flexibility index (Phi) is 5.74. The quantitative estimate of drug-likeness (QED) is 0.858. The third-order valence-corrected chi connectivity index (χ3v) is 3.50. The van der Waals surface area contributed by atoms with E-state index in [1.54, 1.807) is 31.2 Å². The first-order valence-electron chi connectivity index (χ1n) is 7.32. The zero-order valence-corrected chi connectivity index (χ0v) is 12.9. The van der Waals surface area contributed by atoms with Crippen LogP contribution in [0.3, 0.4) is 0 Å². The second kappa shape index (κ2) is 7.98. The van der Waals surface area contributed by atoms with E-state index in [9.17, 15) is 9.59 Å². The Hall–Kier alpha value is -2.82. The van der Waals surface area contributed by atoms with Gasteiger partial charge in [0, 0.05) is 6.54 Å². The Labute approximate surface area is 134 Å². The van der Waals surface area contributed by atoms with Gasteiger partial charge in [0.15, 0.2) is 0 Å². The summed E-state index contributed by atoms with van der Waals surface area (Å²) in [5.74, 6) is -1.41. The highest BCUT2D eigenvalue weighted by atomic mass is 16.5. The van der Waals surface area contributed by atoms with Crippen molar-refractivity contribution in [3.8, 4) is 0 Å². The van der Waals surface area contributed by atoms with E-state index >= 15 is 0 Å². The topological polar surface area (TPSA) is 75.6 Å². The Morgan fingerprint density at radius 3 is 2.30 bits per heavy atom. The number of benzene rings is 2. The van der Waals surface area contributed by atoms with E-state index < -0.39 is 18.0 Å². The monoisotopic (exact) mass is 313 g/mol. The Morgan fingerprint density at radius 1 is 1.04 bits per heavy atom. The lowest BCUT2D eigenvalue weighted by molar-refractivity contribution is -0.138. The van der Waals surface area contributed by atoms with Gasteiger partial charge in [-0.25, -0.2) is 4.79 Å². The van der Waals surface area contributed by atoms with E-state index in [4.69, 9.17) is 9.84 Å². The lowest BCUT2D eigenvalue weighted by atomic mass is 10.0. The molecular weight excluding hydrogens is 294 g/mol. The first-order valence-corrected chi connectivity index (χ1v) is 7.32. The predicted molar refractivity (Wildman–Crippen MR) is 86.0 cm³/mol. The Bertz CT molecular complexity index is 652. The fourth-order valence-corrected chi connectivity index (χ4v) is 2.02. The number of carboxylic acid groups (broad SMARTS) is 1. The van der Waals surface area contributed by atoms with Crippen LogP contribution in [0.4, 0.5) is 4.79 Å². The third-order valence-electron chi connectivity index (χ3n) is 3.50. The zero-order valence-electron chi connectivity index (χ0n) is 12.9. The molecule has 1 atom stereocenters. The van der Waals surface area contributed by atoms with Crippen molar-refractivity contribution in [1.29, 1.82) is 0 Å². The SMILES string of the molecule is CC(C(=O)O)c1ccc(CNC(=O)OCc2ccccc2)cc1. The molecule has 120 valence electrons. The highest BCUT2D eigenvalue weighted by Crippen LogP contribution is 2.16. The van der Waals surface area contributed by atoms with Crippen molar-refractivity contribution in [2.24, 2.45) is 0 Å². The van der Waals surface area contributed by atoms with Crippen molar-refractivity contribution in [2.45, 2.75) is 26.0 Å². The third kappa shape index (κ3) is 5.14. The summed E-state index contributed by atoms with van der Waals surface area (Å²) in [6, 6.07) is 16.5. The number of hydrogen-bond donors (Lipinski definition) is 2. The predicted octanol–water partition coefficient (Wildman–Crippen LogP) is 3.30. The lowest BCUT2D eigenvalue weighted by Gasteiger charge is -2.09. The number of ether oxygens (including phenoxy) is 1. The van der Waals surface area contributed by atoms with E-state index in [-0.39, 0.29) is 6.61 Å². The van der Waals surface area contributed by atoms with Crippen molar-refractivity contribution in [3.63, 3.8) is 0 Å². The number of carboxylic acids is 1. The van der Waals surface area contributed by atoms with Gasteiger partial charge in [-0.1, -0.05) is 54.6 Å². The number of hydrogen-bond acceptors (Lipinski definition) is 3. The van der Waals surface area contributed by atoms with E-state index in [0.29, 0.717) is 6.54 Å². The average Bonchev–Trinajstić information content (AvgIpc) is 2.58. The standard InChI is InChI=1S/C18H19NO4/c1-13(17(20)21)16-9-7-14(8-10-16)11-19-18(22)23-12-15-5-3-2-4-6-15/h2-10,13H,11-12H2,1H3,(H,19,22)(H,20,21). The average molecular weight is 313 g/mol. The summed E-state index contributed by atoms with van der Waals surface area (Å²) >= 11 is 0. The van der Waals surface area contributed by atoms with E-state index in [2.05, 4.69) is 5.32 Å². The molecule has 0 fully saturated rings. The molecule has 0 saturated carbocycles. The van der Waals surface area contributed by atoms with Crippen LogP contribution in [0.25, 0.3) is 0 Å². The summed E-state index contributed by atoms with van der Waals surface area (Å²) < 4.78 is 5.12. The number of alkyl carbamates (subject to hydrolysis) is 1. The van der Waals surface area contributed by atoms with Crippen molar-refractivity contribution in [1.82, 2.24) is 5.32 Å².